The van der Waals surface area contributed by atoms with Crippen molar-refractivity contribution in [3.63, 3.8) is 0 Å². The first-order valence-electron chi connectivity index (χ1n) is 8.70. The fraction of sp³-hybridized carbons (Fsp3) is 0.150. The molecule has 0 saturated heterocycles. The average Bonchev–Trinajstić information content (AvgIpc) is 3.28. The third kappa shape index (κ3) is 3.93. The molecule has 1 amide bonds. The third-order valence-electron chi connectivity index (χ3n) is 4.18. The Hall–Kier alpha value is -2.71. The van der Waals surface area contributed by atoms with Gasteiger partial charge in [0.1, 0.15) is 16.5 Å². The van der Waals surface area contributed by atoms with Crippen LogP contribution in [0.25, 0.3) is 15.6 Å². The molecule has 0 saturated carbocycles. The van der Waals surface area contributed by atoms with Gasteiger partial charge in [-0.3, -0.25) is 9.48 Å². The van der Waals surface area contributed by atoms with Gasteiger partial charge in [0.2, 0.25) is 0 Å². The number of carbonyl (C=O) groups is 1. The van der Waals surface area contributed by atoms with Crippen molar-refractivity contribution >= 4 is 33.9 Å². The average molecular weight is 413 g/mol. The number of allylic oxidation sites excluding steroid dienone is 2. The Morgan fingerprint density at radius 2 is 2.07 bits per heavy atom. The van der Waals surface area contributed by atoms with Gasteiger partial charge in [0.15, 0.2) is 0 Å². The van der Waals surface area contributed by atoms with Crippen LogP contribution in [0.5, 0.6) is 0 Å². The largest absolute Gasteiger partial charge is 0.316 e. The zero-order valence-electron chi connectivity index (χ0n) is 15.1. The number of carbonyl (C=O) groups excluding carboxylic acids is 1. The Kier molecular flexibility index (Phi) is 5.40. The lowest BCUT2D eigenvalue weighted by atomic mass is 10.2. The second-order valence-corrected chi connectivity index (χ2v) is 8.10. The number of nitrogens with one attached hydrogen (secondary N) is 1. The lowest BCUT2D eigenvalue weighted by molar-refractivity contribution is 0.0965. The summed E-state index contributed by atoms with van der Waals surface area (Å²) < 4.78 is 15.7. The van der Waals surface area contributed by atoms with Crippen LogP contribution in [-0.2, 0) is 7.05 Å². The van der Waals surface area contributed by atoms with Gasteiger partial charge in [-0.1, -0.05) is 36.0 Å². The van der Waals surface area contributed by atoms with Crippen LogP contribution < -0.4 is 5.32 Å². The summed E-state index contributed by atoms with van der Waals surface area (Å²) in [5.74, 6) is -0.985. The maximum absolute atomic E-state index is 13.9. The first-order valence-corrected chi connectivity index (χ1v) is 10.4. The van der Waals surface area contributed by atoms with Crippen molar-refractivity contribution in [1.82, 2.24) is 20.1 Å². The molecule has 3 heterocycles. The highest BCUT2D eigenvalue weighted by molar-refractivity contribution is 8.11. The summed E-state index contributed by atoms with van der Waals surface area (Å²) in [5.41, 5.74) is 1.80. The molecule has 0 bridgehead atoms. The highest BCUT2D eigenvalue weighted by Gasteiger charge is 2.18. The van der Waals surface area contributed by atoms with Crippen LogP contribution in [0.4, 0.5) is 4.39 Å². The molecule has 0 unspecified atom stereocenters. The molecule has 0 atom stereocenters. The molecule has 142 valence electrons. The number of hydrogen-bond donors (Lipinski definition) is 1. The molecular formula is C20H17FN4OS2. The Bertz CT molecular complexity index is 1070. The molecule has 2 aromatic heterocycles. The van der Waals surface area contributed by atoms with E-state index in [1.54, 1.807) is 18.3 Å². The zero-order valence-corrected chi connectivity index (χ0v) is 16.7. The summed E-state index contributed by atoms with van der Waals surface area (Å²) in [7, 11) is 1.89. The molecule has 8 heteroatoms. The number of thiazole rings is 1. The fourth-order valence-electron chi connectivity index (χ4n) is 2.84. The van der Waals surface area contributed by atoms with Gasteiger partial charge in [0.25, 0.3) is 5.91 Å². The first kappa shape index (κ1) is 18.6. The Morgan fingerprint density at radius 1 is 1.25 bits per heavy atom. The highest BCUT2D eigenvalue weighted by atomic mass is 32.2. The zero-order chi connectivity index (χ0) is 19.5. The molecule has 4 rings (SSSR count). The van der Waals surface area contributed by atoms with E-state index in [2.05, 4.69) is 21.5 Å². The Balaban J connectivity index is 1.55. The number of thioether (sulfide) groups is 1. The minimum absolute atomic E-state index is 0.0327. The molecule has 28 heavy (non-hydrogen) atoms. The third-order valence-corrected chi connectivity index (χ3v) is 6.06. The van der Waals surface area contributed by atoms with Gasteiger partial charge in [-0.05, 0) is 31.0 Å². The highest BCUT2D eigenvalue weighted by Crippen LogP contribution is 2.37. The van der Waals surface area contributed by atoms with Crippen molar-refractivity contribution in [2.24, 2.45) is 7.05 Å². The van der Waals surface area contributed by atoms with E-state index in [4.69, 9.17) is 0 Å². The van der Waals surface area contributed by atoms with Crippen LogP contribution in [-0.4, -0.2) is 20.7 Å². The van der Waals surface area contributed by atoms with Crippen molar-refractivity contribution in [2.45, 2.75) is 12.8 Å². The molecule has 1 aromatic carbocycles. The van der Waals surface area contributed by atoms with E-state index in [1.165, 1.54) is 35.2 Å². The standard InChI is InChI=1S/C20H17FN4OS2/c1-25-16(12-15(24-25)20-22-10-11-27-20)17-8-4-5-9-18(28-17)23-19(26)13-6-2-3-7-14(13)21/h2-3,6-12H,4-5H2,1H3,(H,23,26). The SMILES string of the molecule is Cn1nc(-c2nccs2)cc1C1=CCCC=C(NC(=O)c2ccccc2F)S1. The number of benzene rings is 1. The normalized spacial score (nSPS) is 14.2. The van der Waals surface area contributed by atoms with Gasteiger partial charge in [-0.25, -0.2) is 9.37 Å². The summed E-state index contributed by atoms with van der Waals surface area (Å²) in [6.07, 6.45) is 7.49. The molecule has 1 N–H and O–H groups in total. The number of hydrogen-bond acceptors (Lipinski definition) is 5. The van der Waals surface area contributed by atoms with Crippen LogP contribution >= 0.6 is 23.1 Å². The van der Waals surface area contributed by atoms with E-state index in [9.17, 15) is 9.18 Å². The Morgan fingerprint density at radius 3 is 2.86 bits per heavy atom. The second-order valence-electron chi connectivity index (χ2n) is 6.13. The minimum atomic E-state index is -0.533. The van der Waals surface area contributed by atoms with E-state index >= 15 is 0 Å². The van der Waals surface area contributed by atoms with E-state index in [0.29, 0.717) is 5.03 Å². The summed E-state index contributed by atoms with van der Waals surface area (Å²) in [5, 5.41) is 10.9. The van der Waals surface area contributed by atoms with Gasteiger partial charge < -0.3 is 5.32 Å². The molecular weight excluding hydrogens is 395 g/mol. The molecule has 1 aliphatic heterocycles. The van der Waals surface area contributed by atoms with Crippen molar-refractivity contribution in [3.05, 3.63) is 76.2 Å². The van der Waals surface area contributed by atoms with E-state index in [0.717, 1.165) is 34.1 Å². The molecule has 0 fully saturated rings. The van der Waals surface area contributed by atoms with Crippen molar-refractivity contribution in [3.8, 4) is 10.7 Å². The summed E-state index contributed by atoms with van der Waals surface area (Å²) in [6.45, 7) is 0. The van der Waals surface area contributed by atoms with Gasteiger partial charge in [0.05, 0.1) is 16.3 Å². The predicted octanol–water partition coefficient (Wildman–Crippen LogP) is 4.82. The summed E-state index contributed by atoms with van der Waals surface area (Å²) in [4.78, 5) is 17.8. The molecule has 3 aromatic rings. The smallest absolute Gasteiger partial charge is 0.259 e. The number of rotatable bonds is 4. The van der Waals surface area contributed by atoms with Gasteiger partial charge in [-0.15, -0.1) is 11.3 Å². The maximum Gasteiger partial charge on any atom is 0.259 e. The number of nitrogens with zero attached hydrogens (tertiary/aromatic N) is 3. The van der Waals surface area contributed by atoms with Gasteiger partial charge >= 0.3 is 0 Å². The molecule has 0 spiro atoms. The quantitative estimate of drug-likeness (QED) is 0.667. The number of aryl methyl sites for hydroxylation is 1. The topological polar surface area (TPSA) is 59.8 Å². The molecule has 5 nitrogen and oxygen atoms in total. The lowest BCUT2D eigenvalue weighted by Gasteiger charge is -2.11. The fourth-order valence-corrected chi connectivity index (χ4v) is 4.51. The summed E-state index contributed by atoms with van der Waals surface area (Å²) >= 11 is 2.99. The van der Waals surface area contributed by atoms with Crippen LogP contribution in [0.15, 0.2) is 59.1 Å². The number of aromatic nitrogens is 3. The predicted molar refractivity (Wildman–Crippen MR) is 111 cm³/mol. The van der Waals surface area contributed by atoms with Gasteiger partial charge in [-0.2, -0.15) is 5.10 Å². The van der Waals surface area contributed by atoms with Crippen LogP contribution in [0.3, 0.4) is 0 Å². The van der Waals surface area contributed by atoms with Crippen molar-refractivity contribution < 1.29 is 9.18 Å². The van der Waals surface area contributed by atoms with Crippen molar-refractivity contribution in [1.29, 1.82) is 0 Å². The lowest BCUT2D eigenvalue weighted by Crippen LogP contribution is -2.22. The monoisotopic (exact) mass is 412 g/mol. The van der Waals surface area contributed by atoms with Gasteiger partial charge in [0, 0.05) is 23.5 Å². The van der Waals surface area contributed by atoms with Crippen LogP contribution in [0.1, 0.15) is 28.9 Å². The van der Waals surface area contributed by atoms with Crippen molar-refractivity contribution in [2.75, 3.05) is 0 Å². The van der Waals surface area contributed by atoms with E-state index in [-0.39, 0.29) is 5.56 Å². The number of halogens is 1. The Labute approximate surface area is 170 Å². The minimum Gasteiger partial charge on any atom is -0.316 e. The first-order chi connectivity index (χ1) is 13.6. The van der Waals surface area contributed by atoms with Crippen LogP contribution in [0.2, 0.25) is 0 Å². The number of amides is 1. The van der Waals surface area contributed by atoms with Crippen LogP contribution in [0, 0.1) is 5.82 Å². The van der Waals surface area contributed by atoms with E-state index < -0.39 is 11.7 Å². The van der Waals surface area contributed by atoms with E-state index in [1.807, 2.05) is 29.3 Å². The second kappa shape index (κ2) is 8.12. The summed E-state index contributed by atoms with van der Waals surface area (Å²) in [6, 6.07) is 7.97. The molecule has 0 radical (unpaired) electrons. The maximum atomic E-state index is 13.9. The molecule has 1 aliphatic rings. The molecule has 0 aliphatic carbocycles.